The molecule has 0 fully saturated rings. The quantitative estimate of drug-likeness (QED) is 0.493. The van der Waals surface area contributed by atoms with Crippen molar-refractivity contribution in [2.75, 3.05) is 11.1 Å². The molecule has 2 aromatic carbocycles. The summed E-state index contributed by atoms with van der Waals surface area (Å²) in [4.78, 5) is 30.6. The Kier molecular flexibility index (Phi) is 7.59. The number of carbonyl (C=O) groups excluding carboxylic acids is 2. The van der Waals surface area contributed by atoms with Crippen LogP contribution in [-0.2, 0) is 11.2 Å². The first-order valence-corrected chi connectivity index (χ1v) is 11.2. The van der Waals surface area contributed by atoms with Crippen LogP contribution in [0.4, 0.5) is 9.52 Å². The standard InChI is InChI=1S/C22H22FN3O2S2/c1-14(2)25-20(27)13-29-19-6-4-3-5-18(19)21(28)26-22-24-12-17(30-22)11-15-7-9-16(23)10-8-15/h3-10,12,14H,11,13H2,1-2H3,(H,25,27)(H,24,26,28). The molecule has 2 N–H and O–H groups in total. The number of thioether (sulfide) groups is 1. The molecule has 1 aromatic heterocycles. The Labute approximate surface area is 183 Å². The van der Waals surface area contributed by atoms with Crippen LogP contribution in [-0.4, -0.2) is 28.6 Å². The Morgan fingerprint density at radius 2 is 1.87 bits per heavy atom. The molecule has 0 atom stereocenters. The first-order valence-electron chi connectivity index (χ1n) is 9.42. The van der Waals surface area contributed by atoms with E-state index >= 15 is 0 Å². The van der Waals surface area contributed by atoms with Gasteiger partial charge in [0.25, 0.3) is 5.91 Å². The van der Waals surface area contributed by atoms with E-state index in [-0.39, 0.29) is 29.4 Å². The lowest BCUT2D eigenvalue weighted by molar-refractivity contribution is -0.119. The van der Waals surface area contributed by atoms with Gasteiger partial charge < -0.3 is 5.32 Å². The zero-order chi connectivity index (χ0) is 21.5. The Bertz CT molecular complexity index is 1020. The maximum Gasteiger partial charge on any atom is 0.258 e. The van der Waals surface area contributed by atoms with Crippen LogP contribution in [0, 0.1) is 5.82 Å². The van der Waals surface area contributed by atoms with Gasteiger partial charge in [-0.15, -0.1) is 23.1 Å². The van der Waals surface area contributed by atoms with Crippen LogP contribution < -0.4 is 10.6 Å². The van der Waals surface area contributed by atoms with Gasteiger partial charge in [-0.3, -0.25) is 14.9 Å². The van der Waals surface area contributed by atoms with Crippen molar-refractivity contribution in [2.24, 2.45) is 0 Å². The Hall–Kier alpha value is -2.71. The fourth-order valence-electron chi connectivity index (χ4n) is 2.70. The summed E-state index contributed by atoms with van der Waals surface area (Å²) in [6.07, 6.45) is 2.33. The first kappa shape index (κ1) is 22.0. The van der Waals surface area contributed by atoms with Gasteiger partial charge in [0.2, 0.25) is 5.91 Å². The summed E-state index contributed by atoms with van der Waals surface area (Å²) in [5, 5.41) is 6.16. The van der Waals surface area contributed by atoms with Crippen molar-refractivity contribution in [3.05, 3.63) is 76.5 Å². The van der Waals surface area contributed by atoms with Crippen molar-refractivity contribution in [3.63, 3.8) is 0 Å². The average molecular weight is 444 g/mol. The molecule has 0 aliphatic heterocycles. The molecule has 0 unspecified atom stereocenters. The number of rotatable bonds is 8. The van der Waals surface area contributed by atoms with E-state index < -0.39 is 0 Å². The van der Waals surface area contributed by atoms with E-state index in [2.05, 4.69) is 15.6 Å². The number of hydrogen-bond acceptors (Lipinski definition) is 5. The van der Waals surface area contributed by atoms with Gasteiger partial charge in [-0.2, -0.15) is 0 Å². The molecule has 8 heteroatoms. The van der Waals surface area contributed by atoms with Crippen molar-refractivity contribution in [3.8, 4) is 0 Å². The summed E-state index contributed by atoms with van der Waals surface area (Å²) < 4.78 is 13.0. The van der Waals surface area contributed by atoms with Gasteiger partial charge in [0.15, 0.2) is 5.13 Å². The van der Waals surface area contributed by atoms with Crippen LogP contribution in [0.15, 0.2) is 59.6 Å². The summed E-state index contributed by atoms with van der Waals surface area (Å²) in [5.41, 5.74) is 1.47. The van der Waals surface area contributed by atoms with Crippen molar-refractivity contribution in [2.45, 2.75) is 31.2 Å². The van der Waals surface area contributed by atoms with E-state index in [1.54, 1.807) is 30.5 Å². The van der Waals surface area contributed by atoms with Crippen molar-refractivity contribution >= 4 is 40.0 Å². The van der Waals surface area contributed by atoms with Crippen LogP contribution in [0.2, 0.25) is 0 Å². The predicted molar refractivity (Wildman–Crippen MR) is 120 cm³/mol. The van der Waals surface area contributed by atoms with E-state index in [9.17, 15) is 14.0 Å². The van der Waals surface area contributed by atoms with Gasteiger partial charge in [0, 0.05) is 28.4 Å². The molecule has 0 radical (unpaired) electrons. The molecule has 2 amide bonds. The molecular weight excluding hydrogens is 421 g/mol. The van der Waals surface area contributed by atoms with Gasteiger partial charge in [-0.1, -0.05) is 24.3 Å². The monoisotopic (exact) mass is 443 g/mol. The smallest absolute Gasteiger partial charge is 0.258 e. The lowest BCUT2D eigenvalue weighted by atomic mass is 10.1. The SMILES string of the molecule is CC(C)NC(=O)CSc1ccccc1C(=O)Nc1ncc(Cc2ccc(F)cc2)s1. The zero-order valence-corrected chi connectivity index (χ0v) is 18.3. The maximum atomic E-state index is 13.0. The van der Waals surface area contributed by atoms with Gasteiger partial charge >= 0.3 is 0 Å². The topological polar surface area (TPSA) is 71.1 Å². The summed E-state index contributed by atoms with van der Waals surface area (Å²) in [6.45, 7) is 3.81. The van der Waals surface area contributed by atoms with E-state index in [1.165, 1.54) is 35.2 Å². The third-order valence-electron chi connectivity index (χ3n) is 4.01. The minimum Gasteiger partial charge on any atom is -0.353 e. The predicted octanol–water partition coefficient (Wildman–Crippen LogP) is 4.74. The summed E-state index contributed by atoms with van der Waals surface area (Å²) in [6, 6.07) is 13.6. The highest BCUT2D eigenvalue weighted by Gasteiger charge is 2.15. The lowest BCUT2D eigenvalue weighted by Gasteiger charge is -2.10. The Morgan fingerprint density at radius 1 is 1.13 bits per heavy atom. The molecule has 1 heterocycles. The van der Waals surface area contributed by atoms with Gasteiger partial charge in [-0.25, -0.2) is 9.37 Å². The fourth-order valence-corrected chi connectivity index (χ4v) is 4.40. The number of thiazole rings is 1. The van der Waals surface area contributed by atoms with Crippen LogP contribution in [0.1, 0.15) is 34.6 Å². The van der Waals surface area contributed by atoms with E-state index in [4.69, 9.17) is 0 Å². The molecule has 0 aliphatic rings. The van der Waals surface area contributed by atoms with Gasteiger partial charge in [-0.05, 0) is 43.7 Å². The molecule has 0 bridgehead atoms. The van der Waals surface area contributed by atoms with E-state index in [0.29, 0.717) is 17.1 Å². The number of nitrogens with zero attached hydrogens (tertiary/aromatic N) is 1. The molecule has 30 heavy (non-hydrogen) atoms. The highest BCUT2D eigenvalue weighted by Crippen LogP contribution is 2.25. The average Bonchev–Trinajstić information content (AvgIpc) is 3.14. The summed E-state index contributed by atoms with van der Waals surface area (Å²) in [5.74, 6) is -0.378. The normalized spacial score (nSPS) is 10.8. The van der Waals surface area contributed by atoms with Gasteiger partial charge in [0.05, 0.1) is 11.3 Å². The zero-order valence-electron chi connectivity index (χ0n) is 16.6. The first-order chi connectivity index (χ1) is 14.4. The third kappa shape index (κ3) is 6.40. The summed E-state index contributed by atoms with van der Waals surface area (Å²) in [7, 11) is 0. The van der Waals surface area contributed by atoms with E-state index in [1.807, 2.05) is 26.0 Å². The van der Waals surface area contributed by atoms with Crippen LogP contribution in [0.25, 0.3) is 0 Å². The van der Waals surface area contributed by atoms with Gasteiger partial charge in [0.1, 0.15) is 5.82 Å². The van der Waals surface area contributed by atoms with Crippen LogP contribution in [0.3, 0.4) is 0 Å². The molecule has 3 aromatic rings. The molecule has 0 saturated heterocycles. The largest absolute Gasteiger partial charge is 0.353 e. The highest BCUT2D eigenvalue weighted by atomic mass is 32.2. The summed E-state index contributed by atoms with van der Waals surface area (Å²) >= 11 is 2.70. The van der Waals surface area contributed by atoms with Crippen LogP contribution in [0.5, 0.6) is 0 Å². The minimum absolute atomic E-state index is 0.0735. The fraction of sp³-hybridized carbons (Fsp3) is 0.227. The minimum atomic E-state index is -0.273. The molecule has 156 valence electrons. The number of aromatic nitrogens is 1. The molecule has 3 rings (SSSR count). The second-order valence-corrected chi connectivity index (χ2v) is 9.03. The number of carbonyl (C=O) groups is 2. The number of benzene rings is 2. The molecule has 0 saturated carbocycles. The number of amides is 2. The third-order valence-corrected chi connectivity index (χ3v) is 5.99. The van der Waals surface area contributed by atoms with Crippen molar-refractivity contribution in [1.29, 1.82) is 0 Å². The number of halogens is 1. The highest BCUT2D eigenvalue weighted by molar-refractivity contribution is 8.00. The molecule has 0 spiro atoms. The lowest BCUT2D eigenvalue weighted by Crippen LogP contribution is -2.31. The molecular formula is C22H22FN3O2S2. The molecule has 5 nitrogen and oxygen atoms in total. The van der Waals surface area contributed by atoms with Crippen molar-refractivity contribution in [1.82, 2.24) is 10.3 Å². The van der Waals surface area contributed by atoms with Crippen molar-refractivity contribution < 1.29 is 14.0 Å². The Morgan fingerprint density at radius 3 is 2.60 bits per heavy atom. The second-order valence-electron chi connectivity index (χ2n) is 6.90. The number of anilines is 1. The van der Waals surface area contributed by atoms with Crippen LogP contribution >= 0.6 is 23.1 Å². The maximum absolute atomic E-state index is 13.0. The Balaban J connectivity index is 1.63. The van der Waals surface area contributed by atoms with E-state index in [0.717, 1.165) is 15.3 Å². The molecule has 0 aliphatic carbocycles. The number of hydrogen-bond donors (Lipinski definition) is 2. The number of nitrogens with one attached hydrogen (secondary N) is 2. The second kappa shape index (κ2) is 10.4.